The Balaban J connectivity index is 1.30. The van der Waals surface area contributed by atoms with Gasteiger partial charge in [0.1, 0.15) is 23.0 Å². The first-order valence-electron chi connectivity index (χ1n) is 15.3. The fourth-order valence-corrected chi connectivity index (χ4v) is 4.56. The van der Waals surface area contributed by atoms with Crippen LogP contribution in [0.2, 0.25) is 0 Å². The van der Waals surface area contributed by atoms with Crippen molar-refractivity contribution in [2.24, 2.45) is 0 Å². The minimum absolute atomic E-state index is 0.268. The molecule has 0 spiro atoms. The predicted molar refractivity (Wildman–Crippen MR) is 177 cm³/mol. The molecule has 0 saturated heterocycles. The number of hydrogen-bond acceptors (Lipinski definition) is 9. The summed E-state index contributed by atoms with van der Waals surface area (Å²) >= 11 is 0. The third kappa shape index (κ3) is 10.2. The van der Waals surface area contributed by atoms with Crippen LogP contribution in [0.15, 0.2) is 104 Å². The predicted octanol–water partition coefficient (Wildman–Crippen LogP) is 7.60. The van der Waals surface area contributed by atoms with Gasteiger partial charge >= 0.3 is 23.9 Å². The molecule has 0 heterocycles. The zero-order valence-corrected chi connectivity index (χ0v) is 26.2. The van der Waals surface area contributed by atoms with Crippen molar-refractivity contribution in [3.63, 3.8) is 0 Å². The number of hydrogen-bond donors (Lipinski definition) is 0. The van der Waals surface area contributed by atoms with Crippen molar-refractivity contribution >= 4 is 34.6 Å². The van der Waals surface area contributed by atoms with Gasteiger partial charge < -0.3 is 23.7 Å². The van der Waals surface area contributed by atoms with Gasteiger partial charge in [-0.2, -0.15) is 0 Å². The second-order valence-electron chi connectivity index (χ2n) is 10.4. The largest absolute Gasteiger partial charge is 0.494 e. The highest BCUT2D eigenvalue weighted by Gasteiger charge is 2.15. The number of ether oxygens (including phenoxy) is 5. The number of esters is 4. The molecule has 0 amide bonds. The molecule has 0 saturated carbocycles. The Morgan fingerprint density at radius 2 is 1.21 bits per heavy atom. The maximum atomic E-state index is 13.1. The van der Waals surface area contributed by atoms with Crippen LogP contribution in [0.5, 0.6) is 23.0 Å². The van der Waals surface area contributed by atoms with Gasteiger partial charge in [-0.3, -0.25) is 0 Å². The Labute approximate surface area is 273 Å². The Kier molecular flexibility index (Phi) is 12.4. The van der Waals surface area contributed by atoms with Crippen LogP contribution in [-0.2, 0) is 20.7 Å². The van der Waals surface area contributed by atoms with E-state index in [9.17, 15) is 19.2 Å². The van der Waals surface area contributed by atoms with Crippen molar-refractivity contribution in [1.82, 2.24) is 0 Å². The molecular weight excluding hydrogens is 600 g/mol. The monoisotopic (exact) mass is 636 g/mol. The van der Waals surface area contributed by atoms with E-state index in [0.717, 1.165) is 54.4 Å². The first kappa shape index (κ1) is 34.2. The van der Waals surface area contributed by atoms with Crippen molar-refractivity contribution in [1.29, 1.82) is 0 Å². The minimum atomic E-state index is -0.601. The second-order valence-corrected chi connectivity index (χ2v) is 10.4. The second kappa shape index (κ2) is 17.1. The van der Waals surface area contributed by atoms with Crippen molar-refractivity contribution in [3.8, 4) is 23.0 Å². The van der Waals surface area contributed by atoms with Gasteiger partial charge in [-0.1, -0.05) is 32.2 Å². The molecule has 0 aliphatic heterocycles. The van der Waals surface area contributed by atoms with Gasteiger partial charge in [-0.25, -0.2) is 19.2 Å². The van der Waals surface area contributed by atoms with Gasteiger partial charge in [0.05, 0.1) is 24.3 Å². The van der Waals surface area contributed by atoms with Gasteiger partial charge in [-0.05, 0) is 115 Å². The molecule has 4 aromatic carbocycles. The zero-order chi connectivity index (χ0) is 33.6. The summed E-state index contributed by atoms with van der Waals surface area (Å²) in [6.45, 7) is 9.59. The molecule has 4 rings (SSSR count). The van der Waals surface area contributed by atoms with Crippen LogP contribution in [-0.4, -0.2) is 37.1 Å². The Morgan fingerprint density at radius 1 is 0.596 bits per heavy atom. The van der Waals surface area contributed by atoms with Crippen LogP contribution in [0.1, 0.15) is 58.9 Å². The Hall–Kier alpha value is -5.70. The average molecular weight is 637 g/mol. The van der Waals surface area contributed by atoms with Gasteiger partial charge in [0.25, 0.3) is 0 Å². The highest BCUT2D eigenvalue weighted by atomic mass is 16.5. The molecular formula is C38H36O9. The van der Waals surface area contributed by atoms with Crippen LogP contribution >= 0.6 is 0 Å². The summed E-state index contributed by atoms with van der Waals surface area (Å²) in [5, 5.41) is 1.79. The normalized spacial score (nSPS) is 10.5. The lowest BCUT2D eigenvalue weighted by molar-refractivity contribution is -0.137. The topological polar surface area (TPSA) is 114 Å². The molecule has 47 heavy (non-hydrogen) atoms. The number of carbonyl (C=O) groups is 4. The average Bonchev–Trinajstić information content (AvgIpc) is 3.09. The van der Waals surface area contributed by atoms with Crippen LogP contribution in [0, 0.1) is 0 Å². The van der Waals surface area contributed by atoms with E-state index < -0.39 is 23.9 Å². The van der Waals surface area contributed by atoms with Crippen LogP contribution in [0.25, 0.3) is 10.8 Å². The van der Waals surface area contributed by atoms with Gasteiger partial charge in [0.2, 0.25) is 0 Å². The summed E-state index contributed by atoms with van der Waals surface area (Å²) in [5.74, 6) is -0.423. The quantitative estimate of drug-likeness (QED) is 0.0531. The Morgan fingerprint density at radius 3 is 1.94 bits per heavy atom. The Bertz CT molecular complexity index is 1760. The van der Waals surface area contributed by atoms with Crippen LogP contribution in [0.4, 0.5) is 0 Å². The summed E-state index contributed by atoms with van der Waals surface area (Å²) in [6.07, 6.45) is 6.32. The van der Waals surface area contributed by atoms with E-state index >= 15 is 0 Å². The van der Waals surface area contributed by atoms with Gasteiger partial charge in [0.15, 0.2) is 0 Å². The molecule has 9 nitrogen and oxygen atoms in total. The summed E-state index contributed by atoms with van der Waals surface area (Å²) in [4.78, 5) is 48.1. The molecule has 0 aliphatic rings. The molecule has 0 atom stereocenters. The number of rotatable bonds is 16. The lowest BCUT2D eigenvalue weighted by atomic mass is 10.1. The maximum Gasteiger partial charge on any atom is 0.343 e. The van der Waals surface area contributed by atoms with Crippen LogP contribution < -0.4 is 18.9 Å². The van der Waals surface area contributed by atoms with E-state index in [4.69, 9.17) is 23.7 Å². The van der Waals surface area contributed by atoms with Crippen LogP contribution in [0.3, 0.4) is 0 Å². The third-order valence-corrected chi connectivity index (χ3v) is 7.07. The van der Waals surface area contributed by atoms with E-state index in [-0.39, 0.29) is 11.3 Å². The minimum Gasteiger partial charge on any atom is -0.494 e. The van der Waals surface area contributed by atoms with E-state index in [2.05, 4.69) is 13.2 Å². The van der Waals surface area contributed by atoms with E-state index in [1.54, 1.807) is 30.3 Å². The molecule has 0 unspecified atom stereocenters. The summed E-state index contributed by atoms with van der Waals surface area (Å²) in [5.41, 5.74) is 1.35. The number of unbranched alkanes of at least 4 members (excludes halogenated alkanes) is 3. The molecule has 0 fully saturated rings. The molecule has 242 valence electrons. The number of carbonyl (C=O) groups excluding carboxylic acids is 4. The standard InChI is InChI=1S/C38H36O9/c1-4-26-24-33(46-37(41)27-13-16-31(17-14-27)45-36(40)6-3)19-20-34(26)47-38(42)30-12-11-29-25-32(18-15-28(29)23-30)43-21-9-7-8-10-22-44-35(39)5-2/h5-6,11-20,23-25H,2-4,7-10,21-22H2,1H3. The first-order valence-corrected chi connectivity index (χ1v) is 15.3. The smallest absolute Gasteiger partial charge is 0.343 e. The third-order valence-electron chi connectivity index (χ3n) is 7.07. The molecule has 0 radical (unpaired) electrons. The maximum absolute atomic E-state index is 13.1. The molecule has 4 aromatic rings. The van der Waals surface area contributed by atoms with E-state index in [1.165, 1.54) is 24.3 Å². The van der Waals surface area contributed by atoms with Crippen molar-refractivity contribution in [3.05, 3.63) is 121 Å². The van der Waals surface area contributed by atoms with Crippen molar-refractivity contribution in [2.75, 3.05) is 13.2 Å². The molecule has 9 heteroatoms. The number of benzene rings is 4. The molecule has 0 N–H and O–H groups in total. The summed E-state index contributed by atoms with van der Waals surface area (Å²) < 4.78 is 27.1. The highest BCUT2D eigenvalue weighted by Crippen LogP contribution is 2.28. The fraction of sp³-hybridized carbons (Fsp3) is 0.211. The molecule has 0 aliphatic carbocycles. The fourth-order valence-electron chi connectivity index (χ4n) is 4.56. The SMILES string of the molecule is C=CC(=O)OCCCCCCOc1ccc2cc(C(=O)Oc3ccc(OC(=O)c4ccc(OC(=O)C=C)cc4)cc3CC)ccc2c1. The van der Waals surface area contributed by atoms with Crippen molar-refractivity contribution in [2.45, 2.75) is 39.0 Å². The molecule has 0 aromatic heterocycles. The summed E-state index contributed by atoms with van der Waals surface area (Å²) in [6, 6.07) is 21.8. The molecule has 0 bridgehead atoms. The number of fused-ring (bicyclic) bond motifs is 1. The van der Waals surface area contributed by atoms with Gasteiger partial charge in [-0.15, -0.1) is 0 Å². The van der Waals surface area contributed by atoms with E-state index in [0.29, 0.717) is 42.3 Å². The zero-order valence-electron chi connectivity index (χ0n) is 26.2. The highest BCUT2D eigenvalue weighted by molar-refractivity contribution is 5.97. The first-order chi connectivity index (χ1) is 22.8. The lowest BCUT2D eigenvalue weighted by Crippen LogP contribution is -2.11. The van der Waals surface area contributed by atoms with Gasteiger partial charge in [0, 0.05) is 12.2 Å². The summed E-state index contributed by atoms with van der Waals surface area (Å²) in [7, 11) is 0. The lowest BCUT2D eigenvalue weighted by Gasteiger charge is -2.12. The number of aryl methyl sites for hydroxylation is 1. The van der Waals surface area contributed by atoms with Crippen molar-refractivity contribution < 1.29 is 42.9 Å². The van der Waals surface area contributed by atoms with E-state index in [1.807, 2.05) is 31.2 Å².